The molecule has 0 aliphatic rings. The molecule has 9 heteroatoms. The third-order valence-corrected chi connectivity index (χ3v) is 7.18. The van der Waals surface area contributed by atoms with Crippen molar-refractivity contribution in [3.05, 3.63) is 105 Å². The number of esters is 1. The van der Waals surface area contributed by atoms with Crippen LogP contribution in [0, 0.1) is 0 Å². The molecule has 0 unspecified atom stereocenters. The first-order valence-corrected chi connectivity index (χ1v) is 14.2. The molecular weight excluding hydrogens is 575 g/mol. The quantitative estimate of drug-likeness (QED) is 0.172. The van der Waals surface area contributed by atoms with Crippen molar-refractivity contribution >= 4 is 46.0 Å². The third kappa shape index (κ3) is 6.08. The third-order valence-electron chi connectivity index (χ3n) is 6.55. The minimum atomic E-state index is -0.638. The number of nitrogens with zero attached hydrogens (tertiary/aromatic N) is 2. The van der Waals surface area contributed by atoms with E-state index in [0.717, 1.165) is 10.9 Å². The van der Waals surface area contributed by atoms with Gasteiger partial charge in [-0.25, -0.2) is 4.79 Å². The highest BCUT2D eigenvalue weighted by Crippen LogP contribution is 2.39. The number of ether oxygens (including phenoxy) is 2. The molecule has 2 aromatic heterocycles. The summed E-state index contributed by atoms with van der Waals surface area (Å²) in [5.74, 6) is 0.600. The van der Waals surface area contributed by atoms with Gasteiger partial charge in [0.1, 0.15) is 29.4 Å². The highest BCUT2D eigenvalue weighted by atomic mass is 35.5. The predicted octanol–water partition coefficient (Wildman–Crippen LogP) is 8.95. The van der Waals surface area contributed by atoms with E-state index in [2.05, 4.69) is 5.16 Å². The first-order valence-electron chi connectivity index (χ1n) is 13.5. The lowest BCUT2D eigenvalue weighted by Gasteiger charge is -2.19. The first-order chi connectivity index (χ1) is 19.9. The summed E-state index contributed by atoms with van der Waals surface area (Å²) in [5.41, 5.74) is 2.65. The minimum Gasteiger partial charge on any atom is -0.489 e. The van der Waals surface area contributed by atoms with Crippen molar-refractivity contribution in [2.45, 2.75) is 52.7 Å². The van der Waals surface area contributed by atoms with Crippen LogP contribution in [-0.2, 0) is 11.3 Å². The van der Waals surface area contributed by atoms with Gasteiger partial charge in [0.25, 0.3) is 5.91 Å². The Morgan fingerprint density at radius 2 is 1.64 bits per heavy atom. The number of aromatic nitrogens is 2. The summed E-state index contributed by atoms with van der Waals surface area (Å²) >= 11 is 12.9. The summed E-state index contributed by atoms with van der Waals surface area (Å²) < 4.78 is 18.9. The fourth-order valence-corrected chi connectivity index (χ4v) is 5.21. The maximum Gasteiger partial charge on any atom is 0.338 e. The Morgan fingerprint density at radius 1 is 0.952 bits per heavy atom. The van der Waals surface area contributed by atoms with Crippen molar-refractivity contribution in [3.63, 3.8) is 0 Å². The molecule has 5 aromatic rings. The Kier molecular flexibility index (Phi) is 8.17. The second-order valence-electron chi connectivity index (χ2n) is 11.2. The van der Waals surface area contributed by atoms with E-state index in [9.17, 15) is 9.59 Å². The second kappa shape index (κ2) is 11.7. The summed E-state index contributed by atoms with van der Waals surface area (Å²) in [5, 5.41) is 6.03. The van der Waals surface area contributed by atoms with Crippen molar-refractivity contribution in [3.8, 4) is 17.0 Å². The lowest BCUT2D eigenvalue weighted by atomic mass is 10.0. The number of carbonyl (C=O) groups is 2. The number of hydrogen-bond acceptors (Lipinski definition) is 6. The van der Waals surface area contributed by atoms with Crippen LogP contribution in [0.5, 0.6) is 5.75 Å². The zero-order valence-electron chi connectivity index (χ0n) is 23.9. The molecule has 0 N–H and O–H groups in total. The number of fused-ring (bicyclic) bond motifs is 1. The van der Waals surface area contributed by atoms with Crippen LogP contribution in [0.3, 0.4) is 0 Å². The largest absolute Gasteiger partial charge is 0.489 e. The van der Waals surface area contributed by atoms with Gasteiger partial charge in [0.05, 0.1) is 26.7 Å². The lowest BCUT2D eigenvalue weighted by Crippen LogP contribution is -2.24. The van der Waals surface area contributed by atoms with Gasteiger partial charge in [-0.15, -0.1) is 0 Å². The molecule has 0 aliphatic heterocycles. The second-order valence-corrected chi connectivity index (χ2v) is 12.0. The van der Waals surface area contributed by atoms with Crippen LogP contribution in [0.2, 0.25) is 10.0 Å². The summed E-state index contributed by atoms with van der Waals surface area (Å²) in [6.45, 7) is 9.59. The van der Waals surface area contributed by atoms with Crippen LogP contribution in [0.1, 0.15) is 72.6 Å². The fraction of sp³-hybridized carbons (Fsp3) is 0.242. The maximum atomic E-state index is 13.4. The molecule has 3 aromatic carbocycles. The van der Waals surface area contributed by atoms with Crippen LogP contribution in [0.4, 0.5) is 0 Å². The van der Waals surface area contributed by atoms with E-state index in [1.807, 2.05) is 32.0 Å². The number of rotatable bonds is 7. The monoisotopic (exact) mass is 604 g/mol. The molecule has 42 heavy (non-hydrogen) atoms. The normalized spacial score (nSPS) is 11.7. The summed E-state index contributed by atoms with van der Waals surface area (Å²) in [7, 11) is 0. The smallest absolute Gasteiger partial charge is 0.338 e. The van der Waals surface area contributed by atoms with Gasteiger partial charge in [-0.05, 0) is 75.4 Å². The van der Waals surface area contributed by atoms with E-state index in [0.29, 0.717) is 49.5 Å². The molecule has 7 nitrogen and oxygen atoms in total. The van der Waals surface area contributed by atoms with Crippen molar-refractivity contribution in [2.75, 3.05) is 0 Å². The van der Waals surface area contributed by atoms with Crippen LogP contribution >= 0.6 is 23.2 Å². The molecule has 0 aliphatic carbocycles. The molecule has 0 saturated heterocycles. The van der Waals surface area contributed by atoms with Crippen LogP contribution < -0.4 is 4.74 Å². The zero-order valence-corrected chi connectivity index (χ0v) is 25.4. The van der Waals surface area contributed by atoms with Crippen molar-refractivity contribution in [2.24, 2.45) is 0 Å². The zero-order chi connectivity index (χ0) is 30.2. The van der Waals surface area contributed by atoms with Gasteiger partial charge in [0.15, 0.2) is 0 Å². The van der Waals surface area contributed by atoms with Crippen LogP contribution in [0.15, 0.2) is 77.4 Å². The van der Waals surface area contributed by atoms with Gasteiger partial charge in [0, 0.05) is 28.6 Å². The van der Waals surface area contributed by atoms with Gasteiger partial charge < -0.3 is 14.0 Å². The average molecular weight is 606 g/mol. The Balaban J connectivity index is 1.39. The van der Waals surface area contributed by atoms with Gasteiger partial charge in [0.2, 0.25) is 0 Å². The lowest BCUT2D eigenvalue weighted by molar-refractivity contribution is 0.00694. The Bertz CT molecular complexity index is 1780. The van der Waals surface area contributed by atoms with E-state index in [4.69, 9.17) is 37.2 Å². The van der Waals surface area contributed by atoms with E-state index in [1.54, 1.807) is 80.1 Å². The molecular formula is C33H30Cl2N2O5. The van der Waals surface area contributed by atoms with Gasteiger partial charge >= 0.3 is 5.97 Å². The minimum absolute atomic E-state index is 0.0578. The van der Waals surface area contributed by atoms with Gasteiger partial charge in [-0.3, -0.25) is 9.36 Å². The van der Waals surface area contributed by atoms with Crippen LogP contribution in [0.25, 0.3) is 22.2 Å². The Labute approximate surface area is 253 Å². The van der Waals surface area contributed by atoms with Gasteiger partial charge in [-0.1, -0.05) is 54.3 Å². The van der Waals surface area contributed by atoms with Gasteiger partial charge in [-0.2, -0.15) is 0 Å². The average Bonchev–Trinajstić information content (AvgIpc) is 3.55. The number of halogens is 2. The molecule has 0 amide bonds. The molecule has 216 valence electrons. The molecule has 0 spiro atoms. The summed E-state index contributed by atoms with van der Waals surface area (Å²) in [6.07, 6.45) is 1.70. The van der Waals surface area contributed by atoms with Crippen molar-refractivity contribution in [1.82, 2.24) is 9.72 Å². The number of benzene rings is 3. The molecule has 0 fully saturated rings. The van der Waals surface area contributed by atoms with E-state index in [1.165, 1.54) is 0 Å². The number of hydrogen-bond donors (Lipinski definition) is 0. The summed E-state index contributed by atoms with van der Waals surface area (Å²) in [4.78, 5) is 26.0. The first kappa shape index (κ1) is 29.4. The van der Waals surface area contributed by atoms with E-state index in [-0.39, 0.29) is 18.4 Å². The Morgan fingerprint density at radius 3 is 2.33 bits per heavy atom. The molecule has 0 bridgehead atoms. The standard InChI is InChI=1S/C33H30Cl2N2O5/c1-19(2)30-24(29(36-42-30)28-25(34)10-7-11-26(28)35)18-40-23-12-13-27-20(17-23)14-15-37(27)31(38)21-8-6-9-22(16-21)32(39)41-33(3,4)5/h6-17,19H,18H2,1-5H3. The molecule has 0 saturated carbocycles. The highest BCUT2D eigenvalue weighted by Gasteiger charge is 2.24. The van der Waals surface area contributed by atoms with Crippen molar-refractivity contribution < 1.29 is 23.6 Å². The summed E-state index contributed by atoms with van der Waals surface area (Å²) in [6, 6.07) is 19.1. The SMILES string of the molecule is CC(C)c1onc(-c2c(Cl)cccc2Cl)c1COc1ccc2c(ccn2C(=O)c2cccc(C(=O)OC(C)(C)C)c2)c1. The van der Waals surface area contributed by atoms with E-state index >= 15 is 0 Å². The Hall–Kier alpha value is -4.07. The van der Waals surface area contributed by atoms with Crippen LogP contribution in [-0.4, -0.2) is 27.2 Å². The number of carbonyl (C=O) groups excluding carboxylic acids is 2. The maximum absolute atomic E-state index is 13.4. The molecule has 0 radical (unpaired) electrons. The molecule has 0 atom stereocenters. The predicted molar refractivity (Wildman–Crippen MR) is 164 cm³/mol. The molecule has 2 heterocycles. The molecule has 5 rings (SSSR count). The fourth-order valence-electron chi connectivity index (χ4n) is 4.63. The topological polar surface area (TPSA) is 83.6 Å². The van der Waals surface area contributed by atoms with E-state index < -0.39 is 11.6 Å². The highest BCUT2D eigenvalue weighted by molar-refractivity contribution is 6.39. The van der Waals surface area contributed by atoms with Crippen molar-refractivity contribution in [1.29, 1.82) is 0 Å².